The SMILES string of the molecule is CC1CCN(CCOc2ccccc2)CCN1. The number of ether oxygens (including phenoxy) is 1. The lowest BCUT2D eigenvalue weighted by Gasteiger charge is -2.19. The minimum atomic E-state index is 0.648. The molecule has 0 spiro atoms. The van der Waals surface area contributed by atoms with Crippen molar-refractivity contribution in [2.75, 3.05) is 32.8 Å². The number of para-hydroxylation sites is 1. The molecular weight excluding hydrogens is 212 g/mol. The highest BCUT2D eigenvalue weighted by Gasteiger charge is 2.12. The highest BCUT2D eigenvalue weighted by molar-refractivity contribution is 5.20. The van der Waals surface area contributed by atoms with Crippen LogP contribution in [0.1, 0.15) is 13.3 Å². The Labute approximate surface area is 104 Å². The van der Waals surface area contributed by atoms with Gasteiger partial charge in [-0.2, -0.15) is 0 Å². The van der Waals surface area contributed by atoms with Crippen molar-refractivity contribution in [3.63, 3.8) is 0 Å². The van der Waals surface area contributed by atoms with Crippen LogP contribution in [0.3, 0.4) is 0 Å². The Hall–Kier alpha value is -1.06. The lowest BCUT2D eigenvalue weighted by Crippen LogP contribution is -2.32. The Morgan fingerprint density at radius 1 is 1.29 bits per heavy atom. The van der Waals surface area contributed by atoms with Gasteiger partial charge < -0.3 is 10.1 Å². The van der Waals surface area contributed by atoms with Gasteiger partial charge >= 0.3 is 0 Å². The average molecular weight is 234 g/mol. The van der Waals surface area contributed by atoms with E-state index in [0.717, 1.165) is 32.0 Å². The molecule has 0 radical (unpaired) electrons. The van der Waals surface area contributed by atoms with Crippen LogP contribution < -0.4 is 10.1 Å². The van der Waals surface area contributed by atoms with E-state index in [2.05, 4.69) is 17.1 Å². The maximum atomic E-state index is 5.71. The molecule has 0 amide bonds. The number of hydrogen-bond donors (Lipinski definition) is 1. The molecule has 1 heterocycles. The number of rotatable bonds is 4. The third-order valence-corrected chi connectivity index (χ3v) is 3.22. The van der Waals surface area contributed by atoms with Crippen LogP contribution in [-0.2, 0) is 0 Å². The predicted molar refractivity (Wildman–Crippen MR) is 70.5 cm³/mol. The van der Waals surface area contributed by atoms with Crippen LogP contribution in [0, 0.1) is 0 Å². The van der Waals surface area contributed by atoms with Gasteiger partial charge in [0.2, 0.25) is 0 Å². The van der Waals surface area contributed by atoms with Crippen molar-refractivity contribution >= 4 is 0 Å². The average Bonchev–Trinajstić information content (AvgIpc) is 2.56. The first-order valence-corrected chi connectivity index (χ1v) is 6.48. The quantitative estimate of drug-likeness (QED) is 0.859. The van der Waals surface area contributed by atoms with Crippen molar-refractivity contribution in [1.29, 1.82) is 0 Å². The van der Waals surface area contributed by atoms with E-state index >= 15 is 0 Å². The van der Waals surface area contributed by atoms with Gasteiger partial charge in [-0.1, -0.05) is 18.2 Å². The third kappa shape index (κ3) is 4.36. The van der Waals surface area contributed by atoms with Crippen LogP contribution in [0.25, 0.3) is 0 Å². The standard InChI is InChI=1S/C14H22N2O/c1-13-7-9-16(10-8-15-13)11-12-17-14-5-3-2-4-6-14/h2-6,13,15H,7-12H2,1H3. The van der Waals surface area contributed by atoms with Crippen LogP contribution in [0.2, 0.25) is 0 Å². The fourth-order valence-electron chi connectivity index (χ4n) is 2.09. The topological polar surface area (TPSA) is 24.5 Å². The molecule has 1 unspecified atom stereocenters. The molecule has 0 aliphatic carbocycles. The Morgan fingerprint density at radius 2 is 2.12 bits per heavy atom. The van der Waals surface area contributed by atoms with Gasteiger partial charge in [-0.15, -0.1) is 0 Å². The van der Waals surface area contributed by atoms with E-state index in [1.165, 1.54) is 13.0 Å². The fraction of sp³-hybridized carbons (Fsp3) is 0.571. The van der Waals surface area contributed by atoms with E-state index in [4.69, 9.17) is 4.74 Å². The second-order valence-corrected chi connectivity index (χ2v) is 4.65. The van der Waals surface area contributed by atoms with E-state index < -0.39 is 0 Å². The largest absolute Gasteiger partial charge is 0.492 e. The summed E-state index contributed by atoms with van der Waals surface area (Å²) in [4.78, 5) is 2.47. The third-order valence-electron chi connectivity index (χ3n) is 3.22. The summed E-state index contributed by atoms with van der Waals surface area (Å²) in [5, 5.41) is 3.50. The molecule has 1 aromatic carbocycles. The van der Waals surface area contributed by atoms with Gasteiger partial charge in [-0.3, -0.25) is 4.90 Å². The van der Waals surface area contributed by atoms with Crippen molar-refractivity contribution in [1.82, 2.24) is 10.2 Å². The smallest absolute Gasteiger partial charge is 0.119 e. The van der Waals surface area contributed by atoms with E-state index in [1.807, 2.05) is 30.3 Å². The van der Waals surface area contributed by atoms with Crippen LogP contribution in [0.5, 0.6) is 5.75 Å². The minimum Gasteiger partial charge on any atom is -0.492 e. The summed E-state index contributed by atoms with van der Waals surface area (Å²) >= 11 is 0. The zero-order valence-electron chi connectivity index (χ0n) is 10.6. The van der Waals surface area contributed by atoms with Gasteiger partial charge in [0.1, 0.15) is 12.4 Å². The monoisotopic (exact) mass is 234 g/mol. The first-order chi connectivity index (χ1) is 8.34. The second kappa shape index (κ2) is 6.62. The van der Waals surface area contributed by atoms with Crippen LogP contribution >= 0.6 is 0 Å². The van der Waals surface area contributed by atoms with Crippen molar-refractivity contribution in [2.24, 2.45) is 0 Å². The first kappa shape index (κ1) is 12.4. The van der Waals surface area contributed by atoms with Crippen LogP contribution in [-0.4, -0.2) is 43.7 Å². The fourth-order valence-corrected chi connectivity index (χ4v) is 2.09. The highest BCUT2D eigenvalue weighted by Crippen LogP contribution is 2.08. The highest BCUT2D eigenvalue weighted by atomic mass is 16.5. The molecule has 1 fully saturated rings. The van der Waals surface area contributed by atoms with Gasteiger partial charge in [0.15, 0.2) is 0 Å². The molecule has 0 bridgehead atoms. The number of nitrogens with zero attached hydrogens (tertiary/aromatic N) is 1. The lowest BCUT2D eigenvalue weighted by atomic mass is 10.2. The Morgan fingerprint density at radius 3 is 2.94 bits per heavy atom. The van der Waals surface area contributed by atoms with Crippen molar-refractivity contribution in [3.8, 4) is 5.75 Å². The van der Waals surface area contributed by atoms with Gasteiger partial charge in [0, 0.05) is 25.7 Å². The first-order valence-electron chi connectivity index (χ1n) is 6.48. The molecule has 1 aromatic rings. The number of benzene rings is 1. The molecule has 1 N–H and O–H groups in total. The summed E-state index contributed by atoms with van der Waals surface area (Å²) in [7, 11) is 0. The number of nitrogens with one attached hydrogen (secondary N) is 1. The summed E-state index contributed by atoms with van der Waals surface area (Å²) in [6.45, 7) is 7.44. The molecule has 94 valence electrons. The maximum absolute atomic E-state index is 5.71. The molecule has 1 aliphatic rings. The van der Waals surface area contributed by atoms with Gasteiger partial charge in [0.05, 0.1) is 0 Å². The summed E-state index contributed by atoms with van der Waals surface area (Å²) in [6, 6.07) is 10.7. The van der Waals surface area contributed by atoms with Crippen LogP contribution in [0.4, 0.5) is 0 Å². The molecule has 1 saturated heterocycles. The van der Waals surface area contributed by atoms with E-state index in [1.54, 1.807) is 0 Å². The molecule has 2 rings (SSSR count). The molecule has 3 heteroatoms. The summed E-state index contributed by atoms with van der Waals surface area (Å²) in [5.41, 5.74) is 0. The molecule has 3 nitrogen and oxygen atoms in total. The van der Waals surface area contributed by atoms with Gasteiger partial charge in [0.25, 0.3) is 0 Å². The summed E-state index contributed by atoms with van der Waals surface area (Å²) < 4.78 is 5.71. The molecule has 1 atom stereocenters. The Kier molecular flexibility index (Phi) is 4.83. The second-order valence-electron chi connectivity index (χ2n) is 4.65. The molecular formula is C14H22N2O. The summed E-state index contributed by atoms with van der Waals surface area (Å²) in [5.74, 6) is 0.966. The zero-order valence-corrected chi connectivity index (χ0v) is 10.6. The molecule has 17 heavy (non-hydrogen) atoms. The van der Waals surface area contributed by atoms with Crippen molar-refractivity contribution < 1.29 is 4.74 Å². The Balaban J connectivity index is 1.68. The van der Waals surface area contributed by atoms with Gasteiger partial charge in [-0.05, 0) is 32.0 Å². The van der Waals surface area contributed by atoms with E-state index in [-0.39, 0.29) is 0 Å². The zero-order chi connectivity index (χ0) is 11.9. The van der Waals surface area contributed by atoms with Crippen LogP contribution in [0.15, 0.2) is 30.3 Å². The van der Waals surface area contributed by atoms with Crippen molar-refractivity contribution in [3.05, 3.63) is 30.3 Å². The predicted octanol–water partition coefficient (Wildman–Crippen LogP) is 1.75. The van der Waals surface area contributed by atoms with Crippen molar-refractivity contribution in [2.45, 2.75) is 19.4 Å². The van der Waals surface area contributed by atoms with E-state index in [9.17, 15) is 0 Å². The van der Waals surface area contributed by atoms with Gasteiger partial charge in [-0.25, -0.2) is 0 Å². The lowest BCUT2D eigenvalue weighted by molar-refractivity contribution is 0.217. The van der Waals surface area contributed by atoms with E-state index in [0.29, 0.717) is 6.04 Å². The molecule has 1 aliphatic heterocycles. The number of hydrogen-bond acceptors (Lipinski definition) is 3. The minimum absolute atomic E-state index is 0.648. The normalized spacial score (nSPS) is 22.1. The molecule has 0 saturated carbocycles. The Bertz CT molecular complexity index is 315. The maximum Gasteiger partial charge on any atom is 0.119 e. The molecule has 0 aromatic heterocycles. The summed E-state index contributed by atoms with van der Waals surface area (Å²) in [6.07, 6.45) is 1.23.